The van der Waals surface area contributed by atoms with Crippen LogP contribution in [0.2, 0.25) is 0 Å². The molecule has 1 saturated heterocycles. The number of ether oxygens (including phenoxy) is 2. The van der Waals surface area contributed by atoms with E-state index in [1.807, 2.05) is 24.3 Å². The van der Waals surface area contributed by atoms with Crippen molar-refractivity contribution in [1.82, 2.24) is 0 Å². The molecule has 1 fully saturated rings. The Morgan fingerprint density at radius 2 is 2.14 bits per heavy atom. The fraction of sp³-hybridized carbons (Fsp3) is 0.500. The number of benzene rings is 1. The maximum atomic E-state index is 12.5. The highest BCUT2D eigenvalue weighted by Crippen LogP contribution is 2.31. The number of amides is 1. The summed E-state index contributed by atoms with van der Waals surface area (Å²) in [4.78, 5) is 12.5. The van der Waals surface area contributed by atoms with Crippen molar-refractivity contribution in [2.45, 2.75) is 19.3 Å². The second-order valence-corrected chi connectivity index (χ2v) is 5.16. The highest BCUT2D eigenvalue weighted by Gasteiger charge is 2.40. The van der Waals surface area contributed by atoms with E-state index < -0.39 is 5.41 Å². The molecular formula is C16H20N2O3. The molecule has 0 spiro atoms. The molecule has 5 nitrogen and oxygen atoms in total. The average molecular weight is 288 g/mol. The lowest BCUT2D eigenvalue weighted by Crippen LogP contribution is -2.40. The van der Waals surface area contributed by atoms with E-state index in [1.165, 1.54) is 0 Å². The second kappa shape index (κ2) is 7.21. The van der Waals surface area contributed by atoms with Crippen LogP contribution in [-0.2, 0) is 20.7 Å². The molecule has 21 heavy (non-hydrogen) atoms. The zero-order chi connectivity index (χ0) is 15.1. The van der Waals surface area contributed by atoms with Crippen LogP contribution in [0, 0.1) is 16.7 Å². The Morgan fingerprint density at radius 3 is 2.81 bits per heavy atom. The number of methoxy groups -OCH3 is 1. The van der Waals surface area contributed by atoms with Gasteiger partial charge in [-0.2, -0.15) is 5.26 Å². The Bertz CT molecular complexity index is 531. The van der Waals surface area contributed by atoms with Crippen molar-refractivity contribution < 1.29 is 14.3 Å². The van der Waals surface area contributed by atoms with Gasteiger partial charge in [-0.3, -0.25) is 4.79 Å². The molecule has 0 aromatic heterocycles. The number of carbonyl (C=O) groups excluding carboxylic acids is 1. The Kier molecular flexibility index (Phi) is 5.32. The van der Waals surface area contributed by atoms with Gasteiger partial charge in [-0.05, 0) is 30.9 Å². The van der Waals surface area contributed by atoms with E-state index in [2.05, 4.69) is 11.4 Å². The van der Waals surface area contributed by atoms with Gasteiger partial charge >= 0.3 is 0 Å². The number of anilines is 1. The Balaban J connectivity index is 2.13. The largest absolute Gasteiger partial charge is 0.384 e. The summed E-state index contributed by atoms with van der Waals surface area (Å²) in [6.07, 6.45) is 1.60. The molecular weight excluding hydrogens is 268 g/mol. The van der Waals surface area contributed by atoms with Gasteiger partial charge in [-0.1, -0.05) is 18.2 Å². The van der Waals surface area contributed by atoms with Crippen molar-refractivity contribution in [3.8, 4) is 6.07 Å². The lowest BCUT2D eigenvalue weighted by atomic mass is 9.80. The fourth-order valence-corrected chi connectivity index (χ4v) is 2.42. The molecule has 1 aliphatic heterocycles. The first-order valence-corrected chi connectivity index (χ1v) is 7.09. The van der Waals surface area contributed by atoms with Gasteiger partial charge in [0.15, 0.2) is 0 Å². The van der Waals surface area contributed by atoms with Gasteiger partial charge in [0.05, 0.1) is 12.7 Å². The smallest absolute Gasteiger partial charge is 0.245 e. The zero-order valence-electron chi connectivity index (χ0n) is 12.2. The van der Waals surface area contributed by atoms with Crippen LogP contribution >= 0.6 is 0 Å². The van der Waals surface area contributed by atoms with Crippen LogP contribution in [0.1, 0.15) is 18.4 Å². The van der Waals surface area contributed by atoms with Crippen LogP contribution in [-0.4, -0.2) is 32.8 Å². The van der Waals surface area contributed by atoms with Crippen LogP contribution in [0.4, 0.5) is 5.69 Å². The number of hydrogen-bond donors (Lipinski definition) is 1. The van der Waals surface area contributed by atoms with Gasteiger partial charge in [-0.25, -0.2) is 0 Å². The van der Waals surface area contributed by atoms with Crippen LogP contribution in [0.3, 0.4) is 0 Å². The third-order valence-electron chi connectivity index (χ3n) is 3.84. The van der Waals surface area contributed by atoms with Gasteiger partial charge < -0.3 is 14.8 Å². The molecule has 1 N–H and O–H groups in total. The normalized spacial score (nSPS) is 17.0. The molecule has 0 aliphatic carbocycles. The van der Waals surface area contributed by atoms with Crippen molar-refractivity contribution in [3.63, 3.8) is 0 Å². The number of carbonyl (C=O) groups is 1. The first-order valence-electron chi connectivity index (χ1n) is 7.09. The Morgan fingerprint density at radius 1 is 1.43 bits per heavy atom. The summed E-state index contributed by atoms with van der Waals surface area (Å²) in [6, 6.07) is 9.79. The maximum Gasteiger partial charge on any atom is 0.245 e. The van der Waals surface area contributed by atoms with Gasteiger partial charge in [-0.15, -0.1) is 0 Å². The van der Waals surface area contributed by atoms with E-state index in [0.29, 0.717) is 32.7 Å². The molecule has 0 radical (unpaired) electrons. The topological polar surface area (TPSA) is 71.3 Å². The number of para-hydroxylation sites is 1. The third-order valence-corrected chi connectivity index (χ3v) is 3.84. The number of nitrogens with zero attached hydrogens (tertiary/aromatic N) is 1. The molecule has 1 heterocycles. The van der Waals surface area contributed by atoms with Crippen molar-refractivity contribution in [3.05, 3.63) is 29.8 Å². The van der Waals surface area contributed by atoms with Gasteiger partial charge in [0.2, 0.25) is 5.91 Å². The van der Waals surface area contributed by atoms with E-state index in [9.17, 15) is 10.1 Å². The van der Waals surface area contributed by atoms with Crippen LogP contribution in [0.5, 0.6) is 0 Å². The Labute approximate surface area is 124 Å². The first kappa shape index (κ1) is 15.5. The maximum absolute atomic E-state index is 12.5. The molecule has 2 rings (SSSR count). The van der Waals surface area contributed by atoms with Crippen molar-refractivity contribution in [1.29, 1.82) is 5.26 Å². The van der Waals surface area contributed by atoms with Gasteiger partial charge in [0.1, 0.15) is 5.41 Å². The predicted molar refractivity (Wildman–Crippen MR) is 78.8 cm³/mol. The van der Waals surface area contributed by atoms with E-state index >= 15 is 0 Å². The summed E-state index contributed by atoms with van der Waals surface area (Å²) < 4.78 is 10.3. The molecule has 0 unspecified atom stereocenters. The highest BCUT2D eigenvalue weighted by molar-refractivity contribution is 5.97. The standard InChI is InChI=1S/C16H20N2O3/c1-20-9-6-13-4-2-3-5-14(13)18-15(19)16(12-17)7-10-21-11-8-16/h2-5H,6-11H2,1H3,(H,18,19). The number of rotatable bonds is 5. The van der Waals surface area contributed by atoms with Crippen molar-refractivity contribution in [2.75, 3.05) is 32.2 Å². The summed E-state index contributed by atoms with van der Waals surface area (Å²) in [5.74, 6) is -0.238. The SMILES string of the molecule is COCCc1ccccc1NC(=O)C1(C#N)CCOCC1. The predicted octanol–water partition coefficient (Wildman–Crippen LogP) is 2.13. The molecule has 1 aromatic carbocycles. The number of hydrogen-bond acceptors (Lipinski definition) is 4. The summed E-state index contributed by atoms with van der Waals surface area (Å²) in [7, 11) is 1.65. The van der Waals surface area contributed by atoms with Crippen LogP contribution < -0.4 is 5.32 Å². The van der Waals surface area contributed by atoms with Gasteiger partial charge in [0.25, 0.3) is 0 Å². The average Bonchev–Trinajstić information content (AvgIpc) is 2.54. The molecule has 1 aromatic rings. The molecule has 1 aliphatic rings. The molecule has 0 bridgehead atoms. The summed E-state index contributed by atoms with van der Waals surface area (Å²) in [5.41, 5.74) is 0.778. The minimum Gasteiger partial charge on any atom is -0.384 e. The van der Waals surface area contributed by atoms with Crippen LogP contribution in [0.15, 0.2) is 24.3 Å². The number of nitrogens with one attached hydrogen (secondary N) is 1. The Hall–Kier alpha value is -1.90. The van der Waals surface area contributed by atoms with Crippen molar-refractivity contribution in [2.24, 2.45) is 5.41 Å². The first-order chi connectivity index (χ1) is 10.2. The van der Waals surface area contributed by atoms with Crippen LogP contribution in [0.25, 0.3) is 0 Å². The van der Waals surface area contributed by atoms with Crippen molar-refractivity contribution >= 4 is 11.6 Å². The highest BCUT2D eigenvalue weighted by atomic mass is 16.5. The molecule has 112 valence electrons. The molecule has 5 heteroatoms. The minimum atomic E-state index is -0.980. The lowest BCUT2D eigenvalue weighted by Gasteiger charge is -2.29. The quantitative estimate of drug-likeness (QED) is 0.901. The summed E-state index contributed by atoms with van der Waals surface area (Å²) in [6.45, 7) is 1.49. The monoisotopic (exact) mass is 288 g/mol. The summed E-state index contributed by atoms with van der Waals surface area (Å²) >= 11 is 0. The van der Waals surface area contributed by atoms with E-state index in [1.54, 1.807) is 7.11 Å². The molecule has 1 amide bonds. The fourth-order valence-electron chi connectivity index (χ4n) is 2.42. The zero-order valence-corrected chi connectivity index (χ0v) is 12.2. The van der Waals surface area contributed by atoms with E-state index in [4.69, 9.17) is 9.47 Å². The molecule has 0 saturated carbocycles. The minimum absolute atomic E-state index is 0.238. The van der Waals surface area contributed by atoms with Gasteiger partial charge in [0, 0.05) is 26.0 Å². The lowest BCUT2D eigenvalue weighted by molar-refractivity contribution is -0.126. The summed E-state index contributed by atoms with van der Waals surface area (Å²) in [5, 5.41) is 12.3. The molecule has 0 atom stereocenters. The van der Waals surface area contributed by atoms with E-state index in [-0.39, 0.29) is 5.91 Å². The number of nitriles is 1. The van der Waals surface area contributed by atoms with E-state index in [0.717, 1.165) is 17.7 Å². The third kappa shape index (κ3) is 3.60. The second-order valence-electron chi connectivity index (χ2n) is 5.16.